The number of hydrogen-bond acceptors (Lipinski definition) is 4. The van der Waals surface area contributed by atoms with Crippen molar-refractivity contribution in [2.24, 2.45) is 0 Å². The van der Waals surface area contributed by atoms with E-state index >= 15 is 0 Å². The molecule has 4 nitrogen and oxygen atoms in total. The average molecular weight is 249 g/mol. The van der Waals surface area contributed by atoms with E-state index in [-0.39, 0.29) is 18.7 Å². The molecule has 1 aromatic carbocycles. The second kappa shape index (κ2) is 5.76. The van der Waals surface area contributed by atoms with Crippen molar-refractivity contribution in [3.05, 3.63) is 23.8 Å². The first kappa shape index (κ1) is 12.7. The molecule has 1 aliphatic heterocycles. The first-order chi connectivity index (χ1) is 8.66. The quantitative estimate of drug-likeness (QED) is 0.832. The van der Waals surface area contributed by atoms with Gasteiger partial charge in [0.15, 0.2) is 6.61 Å². The second-order valence-electron chi connectivity index (χ2n) is 4.65. The molecule has 0 saturated heterocycles. The molecule has 0 unspecified atom stereocenters. The van der Waals surface area contributed by atoms with Crippen molar-refractivity contribution in [2.45, 2.75) is 32.8 Å². The molecule has 0 bridgehead atoms. The van der Waals surface area contributed by atoms with E-state index in [2.05, 4.69) is 11.4 Å². The van der Waals surface area contributed by atoms with Gasteiger partial charge in [0.25, 0.3) is 0 Å². The summed E-state index contributed by atoms with van der Waals surface area (Å²) in [6.45, 7) is 4.55. The van der Waals surface area contributed by atoms with Crippen LogP contribution in [0.1, 0.15) is 25.8 Å². The lowest BCUT2D eigenvalue weighted by molar-refractivity contribution is -0.149. The molecule has 2 rings (SSSR count). The van der Waals surface area contributed by atoms with Gasteiger partial charge in [-0.3, -0.25) is 0 Å². The zero-order valence-corrected chi connectivity index (χ0v) is 10.9. The molecule has 1 aliphatic rings. The summed E-state index contributed by atoms with van der Waals surface area (Å²) < 4.78 is 10.6. The van der Waals surface area contributed by atoms with Crippen LogP contribution in [0.4, 0.5) is 5.69 Å². The Morgan fingerprint density at radius 1 is 1.44 bits per heavy atom. The van der Waals surface area contributed by atoms with Gasteiger partial charge in [0.05, 0.1) is 11.8 Å². The summed E-state index contributed by atoms with van der Waals surface area (Å²) in [6, 6.07) is 5.91. The number of esters is 1. The molecule has 98 valence electrons. The molecule has 18 heavy (non-hydrogen) atoms. The van der Waals surface area contributed by atoms with E-state index < -0.39 is 0 Å². The summed E-state index contributed by atoms with van der Waals surface area (Å²) in [5.74, 6) is 0.395. The highest BCUT2D eigenvalue weighted by Gasteiger charge is 2.14. The minimum atomic E-state index is -0.335. The number of benzene rings is 1. The number of aryl methyl sites for hydroxylation is 1. The Balaban J connectivity index is 1.99. The van der Waals surface area contributed by atoms with Gasteiger partial charge in [-0.2, -0.15) is 0 Å². The molecule has 1 aromatic rings. The molecular weight excluding hydrogens is 230 g/mol. The monoisotopic (exact) mass is 249 g/mol. The summed E-state index contributed by atoms with van der Waals surface area (Å²) >= 11 is 0. The number of anilines is 1. The Hall–Kier alpha value is -1.71. The van der Waals surface area contributed by atoms with Crippen LogP contribution < -0.4 is 10.1 Å². The van der Waals surface area contributed by atoms with Crippen LogP contribution in [0.25, 0.3) is 0 Å². The van der Waals surface area contributed by atoms with E-state index in [1.807, 2.05) is 26.0 Å². The van der Waals surface area contributed by atoms with E-state index in [0.717, 1.165) is 30.8 Å². The van der Waals surface area contributed by atoms with Crippen LogP contribution in [0, 0.1) is 0 Å². The van der Waals surface area contributed by atoms with Gasteiger partial charge in [0.1, 0.15) is 5.75 Å². The summed E-state index contributed by atoms with van der Waals surface area (Å²) in [4.78, 5) is 11.4. The lowest BCUT2D eigenvalue weighted by atomic mass is 10.0. The van der Waals surface area contributed by atoms with Crippen LogP contribution in [0.3, 0.4) is 0 Å². The van der Waals surface area contributed by atoms with Crippen LogP contribution in [0.15, 0.2) is 18.2 Å². The number of ether oxygens (including phenoxy) is 2. The number of carbonyl (C=O) groups is 1. The van der Waals surface area contributed by atoms with Crippen LogP contribution >= 0.6 is 0 Å². The zero-order chi connectivity index (χ0) is 13.0. The Bertz CT molecular complexity index is 429. The first-order valence-electron chi connectivity index (χ1n) is 6.35. The lowest BCUT2D eigenvalue weighted by Crippen LogP contribution is -2.20. The van der Waals surface area contributed by atoms with Crippen LogP contribution in [0.5, 0.6) is 5.75 Å². The third-order valence-electron chi connectivity index (χ3n) is 2.75. The van der Waals surface area contributed by atoms with Crippen LogP contribution in [0.2, 0.25) is 0 Å². The highest BCUT2D eigenvalue weighted by Crippen LogP contribution is 2.31. The molecule has 0 saturated carbocycles. The van der Waals surface area contributed by atoms with Crippen molar-refractivity contribution in [2.75, 3.05) is 18.5 Å². The molecule has 0 atom stereocenters. The predicted molar refractivity (Wildman–Crippen MR) is 70.0 cm³/mol. The minimum Gasteiger partial charge on any atom is -0.480 e. The Labute approximate surface area is 107 Å². The number of para-hydroxylation sites is 1. The maximum Gasteiger partial charge on any atom is 0.344 e. The number of fused-ring (bicyclic) bond motifs is 1. The standard InChI is InChI=1S/C14H19NO3/c1-10(2)18-13(16)9-17-12-7-3-5-11-6-4-8-15-14(11)12/h3,5,7,10,15H,4,6,8-9H2,1-2H3. The van der Waals surface area contributed by atoms with Gasteiger partial charge in [-0.15, -0.1) is 0 Å². The minimum absolute atomic E-state index is 0.0453. The largest absolute Gasteiger partial charge is 0.480 e. The fourth-order valence-electron chi connectivity index (χ4n) is 2.03. The van der Waals surface area contributed by atoms with Crippen molar-refractivity contribution < 1.29 is 14.3 Å². The molecule has 0 amide bonds. The van der Waals surface area contributed by atoms with Gasteiger partial charge < -0.3 is 14.8 Å². The topological polar surface area (TPSA) is 47.6 Å². The summed E-state index contributed by atoms with van der Waals surface area (Å²) in [5, 5.41) is 3.32. The fraction of sp³-hybridized carbons (Fsp3) is 0.500. The summed E-state index contributed by atoms with van der Waals surface area (Å²) in [7, 11) is 0. The highest BCUT2D eigenvalue weighted by atomic mass is 16.6. The van der Waals surface area contributed by atoms with Crippen molar-refractivity contribution in [3.8, 4) is 5.75 Å². The number of hydrogen-bond donors (Lipinski definition) is 1. The van der Waals surface area contributed by atoms with Crippen LogP contribution in [-0.4, -0.2) is 25.2 Å². The Morgan fingerprint density at radius 2 is 2.28 bits per heavy atom. The van der Waals surface area contributed by atoms with Crippen molar-refractivity contribution >= 4 is 11.7 Å². The van der Waals surface area contributed by atoms with E-state index in [9.17, 15) is 4.79 Å². The zero-order valence-electron chi connectivity index (χ0n) is 10.9. The highest BCUT2D eigenvalue weighted by molar-refractivity contribution is 5.72. The molecule has 0 aromatic heterocycles. The third-order valence-corrected chi connectivity index (χ3v) is 2.75. The molecule has 4 heteroatoms. The number of nitrogens with one attached hydrogen (secondary N) is 1. The number of carbonyl (C=O) groups excluding carboxylic acids is 1. The fourth-order valence-corrected chi connectivity index (χ4v) is 2.03. The molecule has 1 heterocycles. The first-order valence-corrected chi connectivity index (χ1v) is 6.35. The SMILES string of the molecule is CC(C)OC(=O)COc1cccc2c1NCCC2. The molecule has 0 radical (unpaired) electrons. The average Bonchev–Trinajstić information content (AvgIpc) is 2.35. The van der Waals surface area contributed by atoms with E-state index in [0.29, 0.717) is 0 Å². The van der Waals surface area contributed by atoms with Gasteiger partial charge in [-0.25, -0.2) is 4.79 Å². The van der Waals surface area contributed by atoms with Gasteiger partial charge >= 0.3 is 5.97 Å². The summed E-state index contributed by atoms with van der Waals surface area (Å²) in [6.07, 6.45) is 2.07. The van der Waals surface area contributed by atoms with E-state index in [1.165, 1.54) is 5.56 Å². The molecule has 1 N–H and O–H groups in total. The predicted octanol–water partition coefficient (Wildman–Crippen LogP) is 2.38. The summed E-state index contributed by atoms with van der Waals surface area (Å²) in [5.41, 5.74) is 2.26. The molecule has 0 aliphatic carbocycles. The van der Waals surface area contributed by atoms with Crippen molar-refractivity contribution in [3.63, 3.8) is 0 Å². The molecule has 0 fully saturated rings. The van der Waals surface area contributed by atoms with Gasteiger partial charge in [0.2, 0.25) is 0 Å². The Morgan fingerprint density at radius 3 is 3.06 bits per heavy atom. The lowest BCUT2D eigenvalue weighted by Gasteiger charge is -2.21. The van der Waals surface area contributed by atoms with Crippen molar-refractivity contribution in [1.29, 1.82) is 0 Å². The maximum atomic E-state index is 11.4. The molecule has 0 spiro atoms. The smallest absolute Gasteiger partial charge is 0.344 e. The Kier molecular flexibility index (Phi) is 4.07. The molecular formula is C14H19NO3. The normalized spacial score (nSPS) is 13.7. The third kappa shape index (κ3) is 3.15. The van der Waals surface area contributed by atoms with Crippen molar-refractivity contribution in [1.82, 2.24) is 0 Å². The van der Waals surface area contributed by atoms with Gasteiger partial charge in [0, 0.05) is 6.54 Å². The van der Waals surface area contributed by atoms with E-state index in [4.69, 9.17) is 9.47 Å². The maximum absolute atomic E-state index is 11.4. The second-order valence-corrected chi connectivity index (χ2v) is 4.65. The van der Waals surface area contributed by atoms with E-state index in [1.54, 1.807) is 0 Å². The van der Waals surface area contributed by atoms with Gasteiger partial charge in [-0.05, 0) is 38.3 Å². The van der Waals surface area contributed by atoms with Gasteiger partial charge in [-0.1, -0.05) is 12.1 Å². The van der Waals surface area contributed by atoms with Crippen LogP contribution in [-0.2, 0) is 16.0 Å². The number of rotatable bonds is 4.